The van der Waals surface area contributed by atoms with Gasteiger partial charge in [0.05, 0.1) is 16.8 Å². The van der Waals surface area contributed by atoms with Crippen LogP contribution >= 0.6 is 11.6 Å². The smallest absolute Gasteiger partial charge is 0.262 e. The van der Waals surface area contributed by atoms with Crippen molar-refractivity contribution in [2.45, 2.75) is 13.0 Å². The molecule has 2 heterocycles. The number of nitrogens with zero attached hydrogens (tertiary/aromatic N) is 1. The molecule has 0 fully saturated rings. The molecule has 6 nitrogen and oxygen atoms in total. The lowest BCUT2D eigenvalue weighted by molar-refractivity contribution is -0.118. The Kier molecular flexibility index (Phi) is 3.92. The molecule has 0 radical (unpaired) electrons. The van der Waals surface area contributed by atoms with Gasteiger partial charge in [0.15, 0.2) is 12.4 Å². The topological polar surface area (TPSA) is 77.4 Å². The minimum atomic E-state index is -0.723. The molecular weight excluding hydrogens is 320 g/mol. The fraction of sp³-hybridized carbons (Fsp3) is 0.188. The predicted octanol–water partition coefficient (Wildman–Crippen LogP) is 2.28. The summed E-state index contributed by atoms with van der Waals surface area (Å²) in [5, 5.41) is 3.02. The van der Waals surface area contributed by atoms with Gasteiger partial charge in [-0.3, -0.25) is 14.4 Å². The monoisotopic (exact) mass is 332 g/mol. The maximum Gasteiger partial charge on any atom is 0.262 e. The number of amides is 1. The largest absolute Gasteiger partial charge is 0.482 e. The van der Waals surface area contributed by atoms with Crippen molar-refractivity contribution >= 4 is 29.0 Å². The van der Waals surface area contributed by atoms with Crippen LogP contribution in [-0.2, 0) is 4.79 Å². The summed E-state index contributed by atoms with van der Waals surface area (Å²) in [6.45, 7) is 1.57. The van der Waals surface area contributed by atoms with Crippen LogP contribution in [-0.4, -0.2) is 22.9 Å². The lowest BCUT2D eigenvalue weighted by atomic mass is 10.0. The first-order valence-electron chi connectivity index (χ1n) is 6.94. The van der Waals surface area contributed by atoms with Gasteiger partial charge in [-0.25, -0.2) is 0 Å². The van der Waals surface area contributed by atoms with Crippen molar-refractivity contribution in [1.82, 2.24) is 4.57 Å². The number of hydrogen-bond acceptors (Lipinski definition) is 4. The molecule has 1 aromatic heterocycles. The summed E-state index contributed by atoms with van der Waals surface area (Å²) in [5.41, 5.74) is 0.497. The van der Waals surface area contributed by atoms with E-state index in [-0.39, 0.29) is 23.9 Å². The van der Waals surface area contributed by atoms with Crippen molar-refractivity contribution in [2.24, 2.45) is 0 Å². The highest BCUT2D eigenvalue weighted by molar-refractivity contribution is 6.30. The van der Waals surface area contributed by atoms with Crippen LogP contribution in [0.3, 0.4) is 0 Å². The number of benzene rings is 1. The number of pyridine rings is 1. The first kappa shape index (κ1) is 15.3. The molecule has 1 aliphatic heterocycles. The minimum absolute atomic E-state index is 0.0470. The summed E-state index contributed by atoms with van der Waals surface area (Å²) in [4.78, 5) is 35.9. The van der Waals surface area contributed by atoms with Crippen LogP contribution in [0.5, 0.6) is 5.75 Å². The molecule has 7 heteroatoms. The number of anilines is 1. The Morgan fingerprint density at radius 3 is 2.87 bits per heavy atom. The van der Waals surface area contributed by atoms with Crippen LogP contribution in [0.25, 0.3) is 0 Å². The molecule has 23 heavy (non-hydrogen) atoms. The van der Waals surface area contributed by atoms with Gasteiger partial charge in [-0.05, 0) is 31.2 Å². The molecule has 2 aromatic rings. The normalized spacial score (nSPS) is 14.4. The highest BCUT2D eigenvalue weighted by Crippen LogP contribution is 2.29. The van der Waals surface area contributed by atoms with Crippen molar-refractivity contribution < 1.29 is 14.3 Å². The first-order chi connectivity index (χ1) is 11.0. The van der Waals surface area contributed by atoms with E-state index in [1.807, 2.05) is 0 Å². The van der Waals surface area contributed by atoms with Crippen LogP contribution in [0.1, 0.15) is 23.3 Å². The van der Waals surface area contributed by atoms with Gasteiger partial charge in [-0.15, -0.1) is 0 Å². The van der Waals surface area contributed by atoms with Crippen LogP contribution in [0.15, 0.2) is 41.3 Å². The zero-order valence-corrected chi connectivity index (χ0v) is 13.0. The van der Waals surface area contributed by atoms with Gasteiger partial charge in [0.2, 0.25) is 0 Å². The van der Waals surface area contributed by atoms with E-state index in [2.05, 4.69) is 5.32 Å². The number of rotatable bonds is 3. The van der Waals surface area contributed by atoms with Gasteiger partial charge in [-0.1, -0.05) is 11.6 Å². The Bertz CT molecular complexity index is 859. The molecule has 0 saturated carbocycles. The number of carbonyl (C=O) groups excluding carboxylic acids is 2. The fourth-order valence-electron chi connectivity index (χ4n) is 2.38. The molecule has 1 unspecified atom stereocenters. The van der Waals surface area contributed by atoms with E-state index in [0.29, 0.717) is 22.0 Å². The van der Waals surface area contributed by atoms with E-state index in [4.69, 9.17) is 16.3 Å². The summed E-state index contributed by atoms with van der Waals surface area (Å²) >= 11 is 5.89. The fourth-order valence-corrected chi connectivity index (χ4v) is 2.55. The van der Waals surface area contributed by atoms with Gasteiger partial charge in [0, 0.05) is 17.8 Å². The van der Waals surface area contributed by atoms with E-state index < -0.39 is 6.04 Å². The minimum Gasteiger partial charge on any atom is -0.482 e. The molecule has 1 N–H and O–H groups in total. The summed E-state index contributed by atoms with van der Waals surface area (Å²) in [5.74, 6) is -0.0353. The lowest BCUT2D eigenvalue weighted by Gasteiger charge is -2.19. The number of hydrogen-bond donors (Lipinski definition) is 1. The van der Waals surface area contributed by atoms with Crippen LogP contribution < -0.4 is 15.6 Å². The van der Waals surface area contributed by atoms with Gasteiger partial charge >= 0.3 is 0 Å². The highest BCUT2D eigenvalue weighted by atomic mass is 35.5. The number of Topliss-reactive ketones (excluding diaryl/α,β-unsaturated/α-hetero) is 1. The maximum absolute atomic E-state index is 12.6. The summed E-state index contributed by atoms with van der Waals surface area (Å²) in [7, 11) is 0. The Labute approximate surface area is 136 Å². The number of halogens is 1. The van der Waals surface area contributed by atoms with Crippen molar-refractivity contribution in [1.29, 1.82) is 0 Å². The highest BCUT2D eigenvalue weighted by Gasteiger charge is 2.22. The predicted molar refractivity (Wildman–Crippen MR) is 85.3 cm³/mol. The SMILES string of the molecule is CC(C(=O)c1ccc2c(c1)NC(=O)CO2)n1cc(Cl)ccc1=O. The van der Waals surface area contributed by atoms with Crippen LogP contribution in [0.2, 0.25) is 5.02 Å². The third kappa shape index (κ3) is 2.98. The lowest BCUT2D eigenvalue weighted by Crippen LogP contribution is -2.28. The maximum atomic E-state index is 12.6. The Hall–Kier alpha value is -2.60. The molecule has 0 bridgehead atoms. The van der Waals surface area contributed by atoms with Crippen LogP contribution in [0.4, 0.5) is 5.69 Å². The van der Waals surface area contributed by atoms with E-state index in [0.717, 1.165) is 0 Å². The van der Waals surface area contributed by atoms with Gasteiger partial charge in [0.25, 0.3) is 11.5 Å². The van der Waals surface area contributed by atoms with Crippen molar-refractivity contribution in [2.75, 3.05) is 11.9 Å². The Balaban J connectivity index is 1.94. The van der Waals surface area contributed by atoms with E-state index >= 15 is 0 Å². The molecule has 1 aromatic carbocycles. The number of fused-ring (bicyclic) bond motifs is 1. The molecule has 1 aliphatic rings. The summed E-state index contributed by atoms with van der Waals surface area (Å²) in [6.07, 6.45) is 1.43. The van der Waals surface area contributed by atoms with E-state index in [9.17, 15) is 14.4 Å². The molecule has 0 aliphatic carbocycles. The second kappa shape index (κ2) is 5.89. The zero-order valence-electron chi connectivity index (χ0n) is 12.2. The third-order valence-corrected chi connectivity index (χ3v) is 3.82. The second-order valence-corrected chi connectivity index (χ2v) is 5.62. The summed E-state index contributed by atoms with van der Waals surface area (Å²) < 4.78 is 6.53. The number of aromatic nitrogens is 1. The zero-order chi connectivity index (χ0) is 16.6. The molecule has 3 rings (SSSR count). The Morgan fingerprint density at radius 2 is 2.09 bits per heavy atom. The third-order valence-electron chi connectivity index (χ3n) is 3.60. The quantitative estimate of drug-likeness (QED) is 0.875. The van der Waals surface area contributed by atoms with Gasteiger partial charge in [0.1, 0.15) is 5.75 Å². The number of ether oxygens (including phenoxy) is 1. The molecule has 1 atom stereocenters. The number of ketones is 1. The molecule has 118 valence electrons. The Morgan fingerprint density at radius 1 is 1.30 bits per heavy atom. The number of nitrogens with one attached hydrogen (secondary N) is 1. The average molecular weight is 333 g/mol. The van der Waals surface area contributed by atoms with Gasteiger partial charge < -0.3 is 14.6 Å². The van der Waals surface area contributed by atoms with E-state index in [1.165, 1.54) is 22.9 Å². The molecule has 0 saturated heterocycles. The second-order valence-electron chi connectivity index (χ2n) is 5.18. The van der Waals surface area contributed by atoms with Crippen molar-refractivity contribution in [3.8, 4) is 5.75 Å². The van der Waals surface area contributed by atoms with Crippen molar-refractivity contribution in [3.05, 3.63) is 57.5 Å². The standard InChI is InChI=1S/C16H13ClN2O4/c1-9(19-7-11(17)3-5-15(19)21)16(22)10-2-4-13-12(6-10)18-14(20)8-23-13/h2-7,9H,8H2,1H3,(H,18,20). The molecular formula is C16H13ClN2O4. The molecule has 0 spiro atoms. The summed E-state index contributed by atoms with van der Waals surface area (Å²) in [6, 6.07) is 6.83. The number of carbonyl (C=O) groups is 2. The van der Waals surface area contributed by atoms with Gasteiger partial charge in [-0.2, -0.15) is 0 Å². The van der Waals surface area contributed by atoms with Crippen molar-refractivity contribution in [3.63, 3.8) is 0 Å². The van der Waals surface area contributed by atoms with Crippen LogP contribution in [0, 0.1) is 0 Å². The first-order valence-corrected chi connectivity index (χ1v) is 7.32. The molecule has 1 amide bonds. The average Bonchev–Trinajstić information content (AvgIpc) is 2.55. The van der Waals surface area contributed by atoms with E-state index in [1.54, 1.807) is 25.1 Å².